The summed E-state index contributed by atoms with van der Waals surface area (Å²) in [5.41, 5.74) is 1.79. The highest BCUT2D eigenvalue weighted by molar-refractivity contribution is 5.95. The number of carbonyl (C=O) groups excluding carboxylic acids is 1. The van der Waals surface area contributed by atoms with E-state index in [1.165, 1.54) is 6.07 Å². The summed E-state index contributed by atoms with van der Waals surface area (Å²) in [7, 11) is 0. The molecule has 0 atom stereocenters. The Kier molecular flexibility index (Phi) is 6.04. The van der Waals surface area contributed by atoms with Crippen LogP contribution in [0, 0.1) is 11.7 Å². The fourth-order valence-electron chi connectivity index (χ4n) is 3.78. The van der Waals surface area contributed by atoms with Crippen molar-refractivity contribution in [2.24, 2.45) is 5.92 Å². The predicted octanol–water partition coefficient (Wildman–Crippen LogP) is 3.82. The van der Waals surface area contributed by atoms with Crippen LogP contribution in [0.4, 0.5) is 4.39 Å². The minimum Gasteiger partial charge on any atom is -0.335 e. The first-order valence-corrected chi connectivity index (χ1v) is 10.5. The number of benzene rings is 2. The second kappa shape index (κ2) is 8.88. The molecule has 4 rings (SSSR count). The molecule has 1 aliphatic rings. The summed E-state index contributed by atoms with van der Waals surface area (Å²) in [5.74, 6) is -0.0807. The summed E-state index contributed by atoms with van der Waals surface area (Å²) in [4.78, 5) is 14.5. The quantitative estimate of drug-likeness (QED) is 0.648. The molecule has 30 heavy (non-hydrogen) atoms. The molecule has 1 amide bonds. The molecule has 3 aromatic rings. The van der Waals surface area contributed by atoms with Crippen LogP contribution < -0.4 is 5.32 Å². The maximum atomic E-state index is 14.4. The minimum absolute atomic E-state index is 0.126. The van der Waals surface area contributed by atoms with Gasteiger partial charge >= 0.3 is 0 Å². The second-order valence-corrected chi connectivity index (χ2v) is 8.41. The molecular formula is C24H27FN4O. The van der Waals surface area contributed by atoms with Gasteiger partial charge in [0.15, 0.2) is 0 Å². The van der Waals surface area contributed by atoms with E-state index in [0.29, 0.717) is 31.5 Å². The van der Waals surface area contributed by atoms with Crippen LogP contribution in [0.1, 0.15) is 41.9 Å². The molecule has 1 fully saturated rings. The molecule has 5 nitrogen and oxygen atoms in total. The third-order valence-corrected chi connectivity index (χ3v) is 5.60. The number of likely N-dealkylation sites (tertiary alicyclic amines) is 1. The van der Waals surface area contributed by atoms with E-state index in [2.05, 4.69) is 29.4 Å². The van der Waals surface area contributed by atoms with Crippen molar-refractivity contribution in [1.82, 2.24) is 20.4 Å². The molecule has 0 aliphatic carbocycles. The molecule has 1 aliphatic heterocycles. The van der Waals surface area contributed by atoms with Crippen molar-refractivity contribution in [2.75, 3.05) is 19.6 Å². The summed E-state index contributed by atoms with van der Waals surface area (Å²) < 4.78 is 14.4. The number of aromatic nitrogens is 2. The molecule has 0 spiro atoms. The number of amides is 1. The van der Waals surface area contributed by atoms with E-state index in [4.69, 9.17) is 0 Å². The first kappa shape index (κ1) is 20.4. The van der Waals surface area contributed by atoms with Gasteiger partial charge in [-0.3, -0.25) is 4.79 Å². The van der Waals surface area contributed by atoms with Crippen molar-refractivity contribution < 1.29 is 9.18 Å². The Morgan fingerprint density at radius 1 is 1.23 bits per heavy atom. The number of fused-ring (bicyclic) bond motifs is 1. The Labute approximate surface area is 176 Å². The SMILES string of the molecule is CC(C)CCNC1CN(C(=O)c2cc(Cc3nncc4ccccc34)ccc2F)C1. The summed E-state index contributed by atoms with van der Waals surface area (Å²) in [6, 6.07) is 12.9. The van der Waals surface area contributed by atoms with Crippen molar-refractivity contribution in [3.8, 4) is 0 Å². The Morgan fingerprint density at radius 2 is 2.03 bits per heavy atom. The van der Waals surface area contributed by atoms with Crippen LogP contribution in [-0.2, 0) is 6.42 Å². The van der Waals surface area contributed by atoms with E-state index in [-0.39, 0.29) is 11.5 Å². The number of hydrogen-bond donors (Lipinski definition) is 1. The Hall–Kier alpha value is -2.86. The van der Waals surface area contributed by atoms with Crippen molar-refractivity contribution >= 4 is 16.7 Å². The van der Waals surface area contributed by atoms with Gasteiger partial charge in [-0.15, -0.1) is 0 Å². The molecule has 6 heteroatoms. The standard InChI is InChI=1S/C24H27FN4O/c1-16(2)9-10-26-19-14-29(15-19)24(30)21-11-17(7-8-22(21)25)12-23-20-6-4-3-5-18(20)13-27-28-23/h3-8,11,13,16,19,26H,9-10,12,14-15H2,1-2H3. The van der Waals surface area contributed by atoms with Crippen LogP contribution >= 0.6 is 0 Å². The zero-order chi connectivity index (χ0) is 21.1. The lowest BCUT2D eigenvalue weighted by atomic mass is 10.0. The molecule has 156 valence electrons. The summed E-state index contributed by atoms with van der Waals surface area (Å²) >= 11 is 0. The van der Waals surface area contributed by atoms with Crippen molar-refractivity contribution in [1.29, 1.82) is 0 Å². The Bertz CT molecular complexity index is 1040. The van der Waals surface area contributed by atoms with Gasteiger partial charge in [-0.25, -0.2) is 4.39 Å². The topological polar surface area (TPSA) is 58.1 Å². The van der Waals surface area contributed by atoms with Gasteiger partial charge in [0, 0.05) is 36.3 Å². The first-order chi connectivity index (χ1) is 14.5. The Morgan fingerprint density at radius 3 is 2.83 bits per heavy atom. The van der Waals surface area contributed by atoms with E-state index in [9.17, 15) is 9.18 Å². The lowest BCUT2D eigenvalue weighted by Gasteiger charge is -2.40. The van der Waals surface area contributed by atoms with Gasteiger partial charge in [0.05, 0.1) is 17.5 Å². The normalized spacial score (nSPS) is 14.3. The monoisotopic (exact) mass is 406 g/mol. The molecule has 0 radical (unpaired) electrons. The van der Waals surface area contributed by atoms with E-state index < -0.39 is 5.82 Å². The molecular weight excluding hydrogens is 379 g/mol. The molecule has 2 aromatic carbocycles. The minimum atomic E-state index is -0.482. The summed E-state index contributed by atoms with van der Waals surface area (Å²) in [6.07, 6.45) is 3.33. The van der Waals surface area contributed by atoms with E-state index in [0.717, 1.165) is 35.0 Å². The number of nitrogens with zero attached hydrogens (tertiary/aromatic N) is 3. The van der Waals surface area contributed by atoms with Crippen LogP contribution in [0.3, 0.4) is 0 Å². The van der Waals surface area contributed by atoms with Gasteiger partial charge in [0.1, 0.15) is 5.82 Å². The average Bonchev–Trinajstić information content (AvgIpc) is 2.71. The average molecular weight is 407 g/mol. The van der Waals surface area contributed by atoms with Crippen LogP contribution in [-0.4, -0.2) is 46.7 Å². The second-order valence-electron chi connectivity index (χ2n) is 8.41. The zero-order valence-corrected chi connectivity index (χ0v) is 17.4. The van der Waals surface area contributed by atoms with Crippen LogP contribution in [0.25, 0.3) is 10.8 Å². The van der Waals surface area contributed by atoms with Crippen LogP contribution in [0.15, 0.2) is 48.7 Å². The first-order valence-electron chi connectivity index (χ1n) is 10.5. The molecule has 0 unspecified atom stereocenters. The predicted molar refractivity (Wildman–Crippen MR) is 116 cm³/mol. The maximum Gasteiger partial charge on any atom is 0.256 e. The van der Waals surface area contributed by atoms with Gasteiger partial charge in [-0.05, 0) is 36.6 Å². The van der Waals surface area contributed by atoms with E-state index in [1.54, 1.807) is 23.2 Å². The largest absolute Gasteiger partial charge is 0.335 e. The number of halogens is 1. The fourth-order valence-corrected chi connectivity index (χ4v) is 3.78. The summed E-state index contributed by atoms with van der Waals surface area (Å²) in [5, 5.41) is 13.8. The van der Waals surface area contributed by atoms with Gasteiger partial charge in [-0.1, -0.05) is 44.2 Å². The van der Waals surface area contributed by atoms with E-state index >= 15 is 0 Å². The third-order valence-electron chi connectivity index (χ3n) is 5.60. The highest BCUT2D eigenvalue weighted by Crippen LogP contribution is 2.22. The van der Waals surface area contributed by atoms with Gasteiger partial charge in [0.25, 0.3) is 5.91 Å². The number of hydrogen-bond acceptors (Lipinski definition) is 4. The zero-order valence-electron chi connectivity index (χ0n) is 17.4. The van der Waals surface area contributed by atoms with Crippen LogP contribution in [0.5, 0.6) is 0 Å². The highest BCUT2D eigenvalue weighted by atomic mass is 19.1. The number of nitrogens with one attached hydrogen (secondary N) is 1. The molecule has 0 bridgehead atoms. The summed E-state index contributed by atoms with van der Waals surface area (Å²) in [6.45, 7) is 6.57. The van der Waals surface area contributed by atoms with Gasteiger partial charge in [0.2, 0.25) is 0 Å². The molecule has 1 aromatic heterocycles. The Balaban J connectivity index is 1.44. The lowest BCUT2D eigenvalue weighted by Crippen LogP contribution is -2.60. The molecule has 0 saturated carbocycles. The van der Waals surface area contributed by atoms with E-state index in [1.807, 2.05) is 24.3 Å². The molecule has 2 heterocycles. The van der Waals surface area contributed by atoms with Crippen LogP contribution in [0.2, 0.25) is 0 Å². The van der Waals surface area contributed by atoms with Crippen molar-refractivity contribution in [3.63, 3.8) is 0 Å². The van der Waals surface area contributed by atoms with Gasteiger partial charge in [-0.2, -0.15) is 10.2 Å². The maximum absolute atomic E-state index is 14.4. The number of carbonyl (C=O) groups is 1. The highest BCUT2D eigenvalue weighted by Gasteiger charge is 2.32. The van der Waals surface area contributed by atoms with Gasteiger partial charge < -0.3 is 10.2 Å². The third kappa shape index (κ3) is 4.49. The molecule has 1 saturated heterocycles. The smallest absolute Gasteiger partial charge is 0.256 e. The van der Waals surface area contributed by atoms with Crippen molar-refractivity contribution in [2.45, 2.75) is 32.7 Å². The van der Waals surface area contributed by atoms with Crippen molar-refractivity contribution in [3.05, 3.63) is 71.3 Å². The fraction of sp³-hybridized carbons (Fsp3) is 0.375. The molecule has 1 N–H and O–H groups in total. The lowest BCUT2D eigenvalue weighted by molar-refractivity contribution is 0.0561. The number of rotatable bonds is 7.